The highest BCUT2D eigenvalue weighted by molar-refractivity contribution is 5.69. The van der Waals surface area contributed by atoms with E-state index in [-0.39, 0.29) is 12.6 Å². The highest BCUT2D eigenvalue weighted by Gasteiger charge is 2.16. The molecule has 1 atom stereocenters. The first-order valence-corrected chi connectivity index (χ1v) is 4.99. The first-order valence-electron chi connectivity index (χ1n) is 4.99. The minimum absolute atomic E-state index is 0.226. The molecule has 0 fully saturated rings. The Labute approximate surface area is 93.6 Å². The van der Waals surface area contributed by atoms with E-state index in [0.29, 0.717) is 6.42 Å². The first kappa shape index (κ1) is 12.2. The highest BCUT2D eigenvalue weighted by Crippen LogP contribution is 2.08. The number of nitroso groups, excluding NO2 is 1. The molecule has 0 bridgehead atoms. The summed E-state index contributed by atoms with van der Waals surface area (Å²) in [5.74, 6) is -1.06. The van der Waals surface area contributed by atoms with Crippen LogP contribution in [0, 0.1) is 4.91 Å². The summed E-state index contributed by atoms with van der Waals surface area (Å²) in [6.07, 6.45) is 0.597. The zero-order valence-electron chi connectivity index (χ0n) is 9.04. The van der Waals surface area contributed by atoms with E-state index >= 15 is 0 Å². The lowest BCUT2D eigenvalue weighted by atomic mass is 10.1. The van der Waals surface area contributed by atoms with E-state index in [0.717, 1.165) is 10.6 Å². The van der Waals surface area contributed by atoms with Crippen molar-refractivity contribution in [2.45, 2.75) is 19.4 Å². The van der Waals surface area contributed by atoms with Crippen LogP contribution in [0.4, 0.5) is 0 Å². The third-order valence-electron chi connectivity index (χ3n) is 2.28. The smallest absolute Gasteiger partial charge is 0.325 e. The number of carboxylic acids is 1. The lowest BCUT2D eigenvalue weighted by Gasteiger charge is -2.20. The summed E-state index contributed by atoms with van der Waals surface area (Å²) < 4.78 is 0. The van der Waals surface area contributed by atoms with Gasteiger partial charge in [0.1, 0.15) is 6.54 Å². The van der Waals surface area contributed by atoms with E-state index in [9.17, 15) is 9.70 Å². The molecule has 0 radical (unpaired) electrons. The molecule has 0 spiro atoms. The van der Waals surface area contributed by atoms with Crippen LogP contribution in [0.2, 0.25) is 0 Å². The minimum atomic E-state index is -1.06. The van der Waals surface area contributed by atoms with Crippen LogP contribution in [0.25, 0.3) is 0 Å². The molecule has 0 saturated carbocycles. The van der Waals surface area contributed by atoms with Crippen molar-refractivity contribution in [1.29, 1.82) is 0 Å². The van der Waals surface area contributed by atoms with E-state index < -0.39 is 5.97 Å². The van der Waals surface area contributed by atoms with Crippen molar-refractivity contribution in [2.24, 2.45) is 5.29 Å². The Bertz CT molecular complexity index is 354. The zero-order chi connectivity index (χ0) is 12.0. The van der Waals surface area contributed by atoms with Crippen LogP contribution in [0.5, 0.6) is 0 Å². The fraction of sp³-hybridized carbons (Fsp3) is 0.364. The summed E-state index contributed by atoms with van der Waals surface area (Å²) in [7, 11) is 0. The molecule has 5 nitrogen and oxygen atoms in total. The van der Waals surface area contributed by atoms with Gasteiger partial charge in [0.15, 0.2) is 0 Å². The van der Waals surface area contributed by atoms with Crippen LogP contribution < -0.4 is 0 Å². The first-order chi connectivity index (χ1) is 7.63. The Morgan fingerprint density at radius 2 is 2.06 bits per heavy atom. The zero-order valence-corrected chi connectivity index (χ0v) is 9.04. The minimum Gasteiger partial charge on any atom is -0.480 e. The van der Waals surface area contributed by atoms with E-state index in [1.165, 1.54) is 0 Å². The van der Waals surface area contributed by atoms with Gasteiger partial charge in [-0.2, -0.15) is 0 Å². The predicted molar refractivity (Wildman–Crippen MR) is 59.7 cm³/mol. The Kier molecular flexibility index (Phi) is 4.44. The van der Waals surface area contributed by atoms with Crippen molar-refractivity contribution in [1.82, 2.24) is 5.01 Å². The Morgan fingerprint density at radius 3 is 2.56 bits per heavy atom. The number of nitrogens with zero attached hydrogens (tertiary/aromatic N) is 2. The fourth-order valence-electron chi connectivity index (χ4n) is 1.46. The second-order valence-electron chi connectivity index (χ2n) is 3.61. The van der Waals surface area contributed by atoms with Gasteiger partial charge in [-0.05, 0) is 18.9 Å². The maximum Gasteiger partial charge on any atom is 0.325 e. The second kappa shape index (κ2) is 5.85. The number of aliphatic carboxylic acids is 1. The van der Waals surface area contributed by atoms with E-state index in [4.69, 9.17) is 5.11 Å². The van der Waals surface area contributed by atoms with Crippen LogP contribution in [0.1, 0.15) is 12.5 Å². The molecule has 5 heteroatoms. The highest BCUT2D eigenvalue weighted by atomic mass is 16.4. The SMILES string of the molecule is CC(Cc1ccccc1)N(CC(=O)O)N=O. The topological polar surface area (TPSA) is 70.0 Å². The third-order valence-corrected chi connectivity index (χ3v) is 2.28. The van der Waals surface area contributed by atoms with Gasteiger partial charge in [0.25, 0.3) is 0 Å². The van der Waals surface area contributed by atoms with Crippen molar-refractivity contribution in [3.05, 3.63) is 40.8 Å². The molecular weight excluding hydrogens is 208 g/mol. The summed E-state index contributed by atoms with van der Waals surface area (Å²) in [5, 5.41) is 12.4. The summed E-state index contributed by atoms with van der Waals surface area (Å²) in [6.45, 7) is 1.41. The van der Waals surface area contributed by atoms with Gasteiger partial charge in [-0.1, -0.05) is 30.3 Å². The molecule has 1 aromatic rings. The molecule has 0 aliphatic heterocycles. The van der Waals surface area contributed by atoms with Gasteiger partial charge in [0.05, 0.1) is 11.3 Å². The molecule has 1 rings (SSSR count). The maximum atomic E-state index is 10.5. The largest absolute Gasteiger partial charge is 0.480 e. The van der Waals surface area contributed by atoms with E-state index in [2.05, 4.69) is 5.29 Å². The molecule has 0 aliphatic rings. The lowest BCUT2D eigenvalue weighted by Crippen LogP contribution is -2.34. The second-order valence-corrected chi connectivity index (χ2v) is 3.61. The van der Waals surface area contributed by atoms with Crippen LogP contribution in [0.3, 0.4) is 0 Å². The fourth-order valence-corrected chi connectivity index (χ4v) is 1.46. The van der Waals surface area contributed by atoms with Gasteiger partial charge in [0, 0.05) is 0 Å². The number of carboxylic acid groups (broad SMARTS) is 1. The lowest BCUT2D eigenvalue weighted by molar-refractivity contribution is -0.138. The Hall–Kier alpha value is -1.91. The molecule has 0 aromatic heterocycles. The molecule has 86 valence electrons. The Morgan fingerprint density at radius 1 is 1.44 bits per heavy atom. The summed E-state index contributed by atoms with van der Waals surface area (Å²) in [6, 6.07) is 9.34. The summed E-state index contributed by atoms with van der Waals surface area (Å²) in [4.78, 5) is 21.0. The molecule has 1 unspecified atom stereocenters. The number of hydrogen-bond acceptors (Lipinski definition) is 3. The summed E-state index contributed by atoms with van der Waals surface area (Å²) >= 11 is 0. The van der Waals surface area contributed by atoms with Gasteiger partial charge in [-0.25, -0.2) is 5.01 Å². The number of carbonyl (C=O) groups is 1. The molecular formula is C11H14N2O3. The van der Waals surface area contributed by atoms with Crippen LogP contribution in [-0.4, -0.2) is 28.7 Å². The normalized spacial score (nSPS) is 11.8. The van der Waals surface area contributed by atoms with Crippen LogP contribution in [0.15, 0.2) is 35.6 Å². The van der Waals surface area contributed by atoms with Gasteiger partial charge in [-0.15, -0.1) is 4.91 Å². The molecule has 1 aromatic carbocycles. The number of benzene rings is 1. The van der Waals surface area contributed by atoms with Gasteiger partial charge < -0.3 is 5.11 Å². The average Bonchev–Trinajstić information content (AvgIpc) is 2.26. The van der Waals surface area contributed by atoms with Gasteiger partial charge in [-0.3, -0.25) is 4.79 Å². The average molecular weight is 222 g/mol. The van der Waals surface area contributed by atoms with Crippen molar-refractivity contribution < 1.29 is 9.90 Å². The van der Waals surface area contributed by atoms with Gasteiger partial charge >= 0.3 is 5.97 Å². The predicted octanol–water partition coefficient (Wildman–Crippen LogP) is 1.69. The molecule has 0 amide bonds. The van der Waals surface area contributed by atoms with Crippen molar-refractivity contribution in [2.75, 3.05) is 6.54 Å². The van der Waals surface area contributed by atoms with Crippen molar-refractivity contribution >= 4 is 5.97 Å². The number of hydrogen-bond donors (Lipinski definition) is 1. The monoisotopic (exact) mass is 222 g/mol. The van der Waals surface area contributed by atoms with Crippen molar-refractivity contribution in [3.63, 3.8) is 0 Å². The maximum absolute atomic E-state index is 10.5. The van der Waals surface area contributed by atoms with E-state index in [1.54, 1.807) is 6.92 Å². The van der Waals surface area contributed by atoms with Crippen LogP contribution in [-0.2, 0) is 11.2 Å². The van der Waals surface area contributed by atoms with Crippen LogP contribution >= 0.6 is 0 Å². The number of rotatable bonds is 6. The van der Waals surface area contributed by atoms with E-state index in [1.807, 2.05) is 30.3 Å². The van der Waals surface area contributed by atoms with Gasteiger partial charge in [0.2, 0.25) is 0 Å². The summed E-state index contributed by atoms with van der Waals surface area (Å²) in [5.41, 5.74) is 1.05. The molecule has 0 saturated heterocycles. The standard InChI is InChI=1S/C11H14N2O3/c1-9(13(12-16)8-11(14)15)7-10-5-3-2-4-6-10/h2-6,9H,7-8H2,1H3,(H,14,15). The molecule has 0 aliphatic carbocycles. The third kappa shape index (κ3) is 3.68. The molecule has 1 N–H and O–H groups in total. The Balaban J connectivity index is 2.59. The molecule has 16 heavy (non-hydrogen) atoms. The molecule has 0 heterocycles. The van der Waals surface area contributed by atoms with Crippen molar-refractivity contribution in [3.8, 4) is 0 Å². The quantitative estimate of drug-likeness (QED) is 0.587.